The maximum absolute atomic E-state index is 13.1. The first-order valence-electron chi connectivity index (χ1n) is 11.3. The van der Waals surface area contributed by atoms with Crippen molar-refractivity contribution in [3.05, 3.63) is 67.1 Å². The third-order valence-electron chi connectivity index (χ3n) is 6.52. The summed E-state index contributed by atoms with van der Waals surface area (Å²) in [6, 6.07) is 9.84. The van der Waals surface area contributed by atoms with Crippen LogP contribution in [0.25, 0.3) is 27.8 Å². The van der Waals surface area contributed by atoms with E-state index in [1.54, 1.807) is 18.9 Å². The number of hydrogen-bond acceptors (Lipinski definition) is 5. The molecule has 9 heteroatoms. The molecular weight excluding hydrogens is 416 g/mol. The number of imidazole rings is 1. The van der Waals surface area contributed by atoms with Crippen molar-refractivity contribution >= 4 is 22.5 Å². The maximum atomic E-state index is 13.1. The van der Waals surface area contributed by atoms with Gasteiger partial charge in [-0.3, -0.25) is 14.6 Å². The molecule has 2 unspecified atom stereocenters. The Morgan fingerprint density at radius 2 is 2.18 bits per heavy atom. The van der Waals surface area contributed by atoms with Crippen LogP contribution in [0, 0.1) is 5.92 Å². The molecule has 1 saturated carbocycles. The molecule has 0 aliphatic heterocycles. The molecule has 9 nitrogen and oxygen atoms in total. The summed E-state index contributed by atoms with van der Waals surface area (Å²) in [4.78, 5) is 21.4. The van der Waals surface area contributed by atoms with Crippen molar-refractivity contribution in [1.82, 2.24) is 39.7 Å². The van der Waals surface area contributed by atoms with Crippen molar-refractivity contribution in [2.45, 2.75) is 38.3 Å². The molecule has 1 aliphatic rings. The zero-order valence-electron chi connectivity index (χ0n) is 18.1. The van der Waals surface area contributed by atoms with Gasteiger partial charge in [0.05, 0.1) is 5.52 Å². The van der Waals surface area contributed by atoms with Gasteiger partial charge in [0.15, 0.2) is 0 Å². The van der Waals surface area contributed by atoms with Crippen LogP contribution in [-0.4, -0.2) is 46.3 Å². The highest BCUT2D eigenvalue weighted by Gasteiger charge is 2.24. The van der Waals surface area contributed by atoms with E-state index in [9.17, 15) is 4.79 Å². The summed E-state index contributed by atoms with van der Waals surface area (Å²) >= 11 is 0. The summed E-state index contributed by atoms with van der Waals surface area (Å²) in [6.07, 6.45) is 13.2. The Kier molecular flexibility index (Phi) is 4.86. The lowest BCUT2D eigenvalue weighted by Gasteiger charge is -2.29. The lowest BCUT2D eigenvalue weighted by Crippen LogP contribution is -2.39. The molecule has 166 valence electrons. The van der Waals surface area contributed by atoms with E-state index in [0.717, 1.165) is 60.0 Å². The predicted octanol–water partition coefficient (Wildman–Crippen LogP) is 3.46. The predicted molar refractivity (Wildman–Crippen MR) is 124 cm³/mol. The monoisotopic (exact) mass is 440 g/mol. The highest BCUT2D eigenvalue weighted by atomic mass is 16.1. The maximum Gasteiger partial charge on any atom is 0.251 e. The molecule has 5 aromatic rings. The van der Waals surface area contributed by atoms with Gasteiger partial charge in [0.1, 0.15) is 24.0 Å². The smallest absolute Gasteiger partial charge is 0.251 e. The van der Waals surface area contributed by atoms with E-state index in [4.69, 9.17) is 0 Å². The minimum Gasteiger partial charge on any atom is -0.349 e. The average molecular weight is 441 g/mol. The van der Waals surface area contributed by atoms with Crippen LogP contribution in [0.2, 0.25) is 0 Å². The topological polar surface area (TPSA) is 106 Å². The lowest BCUT2D eigenvalue weighted by atomic mass is 9.85. The van der Waals surface area contributed by atoms with Crippen LogP contribution in [0.1, 0.15) is 36.0 Å². The molecule has 6 rings (SSSR count). The lowest BCUT2D eigenvalue weighted by molar-refractivity contribution is 0.0917. The Balaban J connectivity index is 1.21. The number of nitrogens with one attached hydrogen (secondary N) is 2. The van der Waals surface area contributed by atoms with E-state index in [1.165, 1.54) is 0 Å². The molecule has 2 N–H and O–H groups in total. The number of H-pyrrole nitrogens is 1. The van der Waals surface area contributed by atoms with Crippen molar-refractivity contribution in [1.29, 1.82) is 0 Å². The van der Waals surface area contributed by atoms with Gasteiger partial charge >= 0.3 is 0 Å². The van der Waals surface area contributed by atoms with Crippen LogP contribution in [0.4, 0.5) is 0 Å². The summed E-state index contributed by atoms with van der Waals surface area (Å²) in [6.45, 7) is 0.845. The van der Waals surface area contributed by atoms with Gasteiger partial charge in [-0.15, -0.1) is 0 Å². The number of benzene rings is 1. The Morgan fingerprint density at radius 3 is 3.09 bits per heavy atom. The van der Waals surface area contributed by atoms with E-state index in [1.807, 2.05) is 51.8 Å². The largest absolute Gasteiger partial charge is 0.349 e. The first kappa shape index (κ1) is 19.7. The zero-order chi connectivity index (χ0) is 22.2. The summed E-state index contributed by atoms with van der Waals surface area (Å²) in [5.74, 6) is 0.451. The molecule has 0 spiro atoms. The SMILES string of the molecule is O=C(NC1CCCC(Cn2cncn2)C1)c1ccc2[nH]nc(-c3ccc4nccn4c3)c2c1. The molecule has 4 aromatic heterocycles. The normalized spacial score (nSPS) is 18.7. The van der Waals surface area contributed by atoms with Crippen LogP contribution in [0.15, 0.2) is 61.6 Å². The van der Waals surface area contributed by atoms with Gasteiger partial charge in [0, 0.05) is 47.7 Å². The summed E-state index contributed by atoms with van der Waals surface area (Å²) in [5, 5.41) is 16.0. The average Bonchev–Trinajstić information content (AvgIpc) is 3.59. The highest BCUT2D eigenvalue weighted by molar-refractivity contribution is 6.01. The second-order valence-electron chi connectivity index (χ2n) is 8.76. The number of rotatable bonds is 5. The standard InChI is InChI=1S/C24H24N8O/c33-24(28-19-3-1-2-16(10-19)12-32-15-25-14-27-32)17-4-6-21-20(11-17)23(30-29-21)18-5-7-22-26-8-9-31(22)13-18/h4-9,11,13-16,19H,1-3,10,12H2,(H,28,33)(H,29,30). The van der Waals surface area contributed by atoms with E-state index in [-0.39, 0.29) is 11.9 Å². The molecule has 1 fully saturated rings. The summed E-state index contributed by atoms with van der Waals surface area (Å²) < 4.78 is 3.84. The third kappa shape index (κ3) is 3.86. The van der Waals surface area contributed by atoms with Crippen LogP contribution in [-0.2, 0) is 6.54 Å². The summed E-state index contributed by atoms with van der Waals surface area (Å²) in [7, 11) is 0. The second kappa shape index (κ2) is 8.16. The molecule has 0 radical (unpaired) electrons. The van der Waals surface area contributed by atoms with Gasteiger partial charge in [0.25, 0.3) is 5.91 Å². The fourth-order valence-electron chi connectivity index (χ4n) is 4.88. The van der Waals surface area contributed by atoms with E-state index < -0.39 is 0 Å². The molecule has 4 heterocycles. The first-order chi connectivity index (χ1) is 16.2. The fourth-order valence-corrected chi connectivity index (χ4v) is 4.88. The number of hydrogen-bond donors (Lipinski definition) is 2. The molecule has 0 bridgehead atoms. The Morgan fingerprint density at radius 1 is 1.21 bits per heavy atom. The van der Waals surface area contributed by atoms with Crippen LogP contribution >= 0.6 is 0 Å². The number of nitrogens with zero attached hydrogens (tertiary/aromatic N) is 6. The minimum absolute atomic E-state index is 0.0412. The molecule has 0 saturated heterocycles. The molecule has 2 atom stereocenters. The minimum atomic E-state index is -0.0412. The molecule has 33 heavy (non-hydrogen) atoms. The fraction of sp³-hybridized carbons (Fsp3) is 0.292. The van der Waals surface area contributed by atoms with Crippen LogP contribution < -0.4 is 5.32 Å². The van der Waals surface area contributed by atoms with Crippen molar-refractivity contribution in [2.75, 3.05) is 0 Å². The first-order valence-corrected chi connectivity index (χ1v) is 11.3. The number of aromatic nitrogens is 7. The summed E-state index contributed by atoms with van der Waals surface area (Å²) in [5.41, 5.74) is 4.21. The quantitative estimate of drug-likeness (QED) is 0.435. The van der Waals surface area contributed by atoms with Gasteiger partial charge in [-0.05, 0) is 55.5 Å². The number of fused-ring (bicyclic) bond motifs is 2. The van der Waals surface area contributed by atoms with Crippen LogP contribution in [0.5, 0.6) is 0 Å². The number of aromatic amines is 1. The Labute approximate surface area is 189 Å². The van der Waals surface area contributed by atoms with Crippen molar-refractivity contribution in [2.24, 2.45) is 5.92 Å². The van der Waals surface area contributed by atoms with E-state index in [2.05, 4.69) is 30.6 Å². The van der Waals surface area contributed by atoms with Crippen molar-refractivity contribution in [3.8, 4) is 11.3 Å². The van der Waals surface area contributed by atoms with Gasteiger partial charge in [-0.1, -0.05) is 6.42 Å². The highest BCUT2D eigenvalue weighted by Crippen LogP contribution is 2.28. The molecular formula is C24H24N8O. The van der Waals surface area contributed by atoms with Crippen molar-refractivity contribution < 1.29 is 4.79 Å². The van der Waals surface area contributed by atoms with Crippen molar-refractivity contribution in [3.63, 3.8) is 0 Å². The van der Waals surface area contributed by atoms with E-state index in [0.29, 0.717) is 11.5 Å². The second-order valence-corrected chi connectivity index (χ2v) is 8.76. The number of pyridine rings is 1. The van der Waals surface area contributed by atoms with Gasteiger partial charge in [-0.2, -0.15) is 10.2 Å². The Hall–Kier alpha value is -4.01. The zero-order valence-corrected chi connectivity index (χ0v) is 18.1. The Bertz CT molecular complexity index is 1420. The van der Waals surface area contributed by atoms with Gasteiger partial charge < -0.3 is 9.72 Å². The number of carbonyl (C=O) groups excluding carboxylic acids is 1. The van der Waals surface area contributed by atoms with Gasteiger partial charge in [0.2, 0.25) is 0 Å². The van der Waals surface area contributed by atoms with Crippen LogP contribution in [0.3, 0.4) is 0 Å². The number of amides is 1. The molecule has 1 aliphatic carbocycles. The number of carbonyl (C=O) groups is 1. The van der Waals surface area contributed by atoms with E-state index >= 15 is 0 Å². The third-order valence-corrected chi connectivity index (χ3v) is 6.52. The molecule has 1 amide bonds. The van der Waals surface area contributed by atoms with Gasteiger partial charge in [-0.25, -0.2) is 9.97 Å². The molecule has 1 aromatic carbocycles.